The number of hydrogen-bond donors (Lipinski definition) is 2. The van der Waals surface area contributed by atoms with Crippen LogP contribution in [0.25, 0.3) is 0 Å². The highest BCUT2D eigenvalue weighted by Crippen LogP contribution is 2.28. The van der Waals surface area contributed by atoms with Crippen molar-refractivity contribution in [3.63, 3.8) is 0 Å². The van der Waals surface area contributed by atoms with Gasteiger partial charge in [0.2, 0.25) is 5.91 Å². The molecule has 0 aromatic heterocycles. The minimum Gasteiger partial charge on any atom is -0.491 e. The van der Waals surface area contributed by atoms with Crippen molar-refractivity contribution in [3.05, 3.63) is 23.8 Å². The molecule has 1 aromatic rings. The van der Waals surface area contributed by atoms with E-state index in [-0.39, 0.29) is 11.4 Å². The number of ether oxygens (including phenoxy) is 1. The molecule has 0 unspecified atom stereocenters. The maximum atomic E-state index is 11.5. The van der Waals surface area contributed by atoms with Crippen molar-refractivity contribution in [2.45, 2.75) is 39.2 Å². The minimum atomic E-state index is 0.0173. The maximum Gasteiger partial charge on any atom is 0.227 e. The van der Waals surface area contributed by atoms with Crippen LogP contribution in [-0.4, -0.2) is 24.6 Å². The zero-order valence-corrected chi connectivity index (χ0v) is 11.9. The molecule has 4 heteroatoms. The number of carbonyl (C=O) groups is 1. The molecule has 0 aliphatic carbocycles. The van der Waals surface area contributed by atoms with Crippen LogP contribution in [0.15, 0.2) is 18.2 Å². The molecule has 1 aromatic carbocycles. The molecule has 4 nitrogen and oxygen atoms in total. The molecule has 1 amide bonds. The van der Waals surface area contributed by atoms with Gasteiger partial charge in [-0.25, -0.2) is 0 Å². The molecule has 19 heavy (non-hydrogen) atoms. The van der Waals surface area contributed by atoms with Crippen LogP contribution < -0.4 is 15.4 Å². The first-order valence-electron chi connectivity index (χ1n) is 6.75. The second-order valence-electron chi connectivity index (χ2n) is 5.90. The molecule has 1 aliphatic heterocycles. The summed E-state index contributed by atoms with van der Waals surface area (Å²) in [4.78, 5) is 11.5. The smallest absolute Gasteiger partial charge is 0.227 e. The quantitative estimate of drug-likeness (QED) is 0.879. The minimum absolute atomic E-state index is 0.0173. The number of nitrogens with one attached hydrogen (secondary N) is 2. The standard InChI is InChI=1S/C15H22N2O2/c1-15(2,3)16-8-6-11-4-5-13-12(10-11)17-14(18)7-9-19-13/h4-5,10,16H,6-9H2,1-3H3,(H,17,18). The molecule has 0 spiro atoms. The van der Waals surface area contributed by atoms with Gasteiger partial charge in [0.1, 0.15) is 5.75 Å². The third-order valence-electron chi connectivity index (χ3n) is 2.97. The fourth-order valence-corrected chi connectivity index (χ4v) is 2.00. The second-order valence-corrected chi connectivity index (χ2v) is 5.90. The largest absolute Gasteiger partial charge is 0.491 e. The molecule has 0 saturated carbocycles. The number of carbonyl (C=O) groups excluding carboxylic acids is 1. The average Bonchev–Trinajstić information content (AvgIpc) is 2.47. The van der Waals surface area contributed by atoms with Gasteiger partial charge in [0.05, 0.1) is 18.7 Å². The number of amides is 1. The summed E-state index contributed by atoms with van der Waals surface area (Å²) in [6, 6.07) is 6.00. The first-order chi connectivity index (χ1) is 8.94. The number of fused-ring (bicyclic) bond motifs is 1. The van der Waals surface area contributed by atoms with Crippen molar-refractivity contribution in [1.29, 1.82) is 0 Å². The van der Waals surface area contributed by atoms with Gasteiger partial charge in [-0.1, -0.05) is 6.07 Å². The SMILES string of the molecule is CC(C)(C)NCCc1ccc2c(c1)NC(=O)CCO2. The predicted octanol–water partition coefficient (Wildman–Crippen LogP) is 2.34. The molecular weight excluding hydrogens is 240 g/mol. The average molecular weight is 262 g/mol. The third kappa shape index (κ3) is 4.24. The molecule has 0 bridgehead atoms. The normalized spacial score (nSPS) is 15.2. The molecule has 2 N–H and O–H groups in total. The molecule has 104 valence electrons. The summed E-state index contributed by atoms with van der Waals surface area (Å²) in [6.45, 7) is 7.81. The van der Waals surface area contributed by atoms with Crippen molar-refractivity contribution < 1.29 is 9.53 Å². The van der Waals surface area contributed by atoms with E-state index in [2.05, 4.69) is 37.5 Å². The molecule has 0 saturated heterocycles. The number of benzene rings is 1. The van der Waals surface area contributed by atoms with Crippen LogP contribution in [-0.2, 0) is 11.2 Å². The Labute approximate surface area is 114 Å². The van der Waals surface area contributed by atoms with E-state index in [0.29, 0.717) is 13.0 Å². The number of hydrogen-bond acceptors (Lipinski definition) is 3. The van der Waals surface area contributed by atoms with Gasteiger partial charge in [0.15, 0.2) is 0 Å². The summed E-state index contributed by atoms with van der Waals surface area (Å²) in [5.41, 5.74) is 2.11. The highest BCUT2D eigenvalue weighted by molar-refractivity contribution is 5.93. The van der Waals surface area contributed by atoms with Crippen molar-refractivity contribution in [1.82, 2.24) is 5.32 Å². The van der Waals surface area contributed by atoms with Gasteiger partial charge >= 0.3 is 0 Å². The van der Waals surface area contributed by atoms with Gasteiger partial charge in [0, 0.05) is 5.54 Å². The van der Waals surface area contributed by atoms with Crippen LogP contribution >= 0.6 is 0 Å². The van der Waals surface area contributed by atoms with Gasteiger partial charge in [0.25, 0.3) is 0 Å². The highest BCUT2D eigenvalue weighted by atomic mass is 16.5. The van der Waals surface area contributed by atoms with Gasteiger partial charge in [-0.05, 0) is 51.4 Å². The summed E-state index contributed by atoms with van der Waals surface area (Å²) in [6.07, 6.45) is 1.34. The summed E-state index contributed by atoms with van der Waals surface area (Å²) >= 11 is 0. The summed E-state index contributed by atoms with van der Waals surface area (Å²) < 4.78 is 5.53. The van der Waals surface area contributed by atoms with E-state index in [1.165, 1.54) is 5.56 Å². The lowest BCUT2D eigenvalue weighted by molar-refractivity contribution is -0.116. The Morgan fingerprint density at radius 2 is 2.16 bits per heavy atom. The predicted molar refractivity (Wildman–Crippen MR) is 76.6 cm³/mol. The lowest BCUT2D eigenvalue weighted by Crippen LogP contribution is -2.37. The highest BCUT2D eigenvalue weighted by Gasteiger charge is 2.14. The van der Waals surface area contributed by atoms with Crippen LogP contribution in [0.3, 0.4) is 0 Å². The Morgan fingerprint density at radius 3 is 2.89 bits per heavy atom. The Morgan fingerprint density at radius 1 is 1.37 bits per heavy atom. The lowest BCUT2D eigenvalue weighted by atomic mass is 10.1. The van der Waals surface area contributed by atoms with Crippen molar-refractivity contribution in [3.8, 4) is 5.75 Å². The second kappa shape index (κ2) is 5.61. The van der Waals surface area contributed by atoms with Crippen LogP contribution in [0.2, 0.25) is 0 Å². The Balaban J connectivity index is 2.02. The van der Waals surface area contributed by atoms with Crippen LogP contribution in [0.1, 0.15) is 32.8 Å². The molecular formula is C15H22N2O2. The van der Waals surface area contributed by atoms with E-state index in [1.54, 1.807) is 0 Å². The van der Waals surface area contributed by atoms with E-state index >= 15 is 0 Å². The van der Waals surface area contributed by atoms with E-state index in [4.69, 9.17) is 4.74 Å². The fourth-order valence-electron chi connectivity index (χ4n) is 2.00. The summed E-state index contributed by atoms with van der Waals surface area (Å²) in [7, 11) is 0. The van der Waals surface area contributed by atoms with Gasteiger partial charge in [-0.15, -0.1) is 0 Å². The Bertz CT molecular complexity index is 464. The maximum absolute atomic E-state index is 11.5. The van der Waals surface area contributed by atoms with E-state index in [0.717, 1.165) is 24.4 Å². The Kier molecular flexibility index (Phi) is 4.10. The van der Waals surface area contributed by atoms with Crippen molar-refractivity contribution >= 4 is 11.6 Å². The molecule has 1 aliphatic rings. The molecule has 0 radical (unpaired) electrons. The molecule has 0 fully saturated rings. The van der Waals surface area contributed by atoms with E-state index < -0.39 is 0 Å². The molecule has 1 heterocycles. The van der Waals surface area contributed by atoms with Gasteiger partial charge in [-0.3, -0.25) is 4.79 Å². The van der Waals surface area contributed by atoms with Crippen molar-refractivity contribution in [2.24, 2.45) is 0 Å². The van der Waals surface area contributed by atoms with Gasteiger partial charge < -0.3 is 15.4 Å². The third-order valence-corrected chi connectivity index (χ3v) is 2.97. The number of rotatable bonds is 3. The summed E-state index contributed by atoms with van der Waals surface area (Å²) in [5.74, 6) is 0.780. The van der Waals surface area contributed by atoms with Crippen LogP contribution in [0.5, 0.6) is 5.75 Å². The first-order valence-corrected chi connectivity index (χ1v) is 6.75. The number of anilines is 1. The monoisotopic (exact) mass is 262 g/mol. The van der Waals surface area contributed by atoms with Crippen molar-refractivity contribution in [2.75, 3.05) is 18.5 Å². The van der Waals surface area contributed by atoms with Crippen LogP contribution in [0, 0.1) is 0 Å². The first kappa shape index (κ1) is 13.9. The summed E-state index contributed by atoms with van der Waals surface area (Å²) in [5, 5.41) is 6.34. The zero-order valence-electron chi connectivity index (χ0n) is 11.9. The molecule has 0 atom stereocenters. The van der Waals surface area contributed by atoms with Gasteiger partial charge in [-0.2, -0.15) is 0 Å². The Hall–Kier alpha value is -1.55. The zero-order chi connectivity index (χ0) is 13.9. The van der Waals surface area contributed by atoms with Crippen LogP contribution in [0.4, 0.5) is 5.69 Å². The van der Waals surface area contributed by atoms with E-state index in [9.17, 15) is 4.79 Å². The topological polar surface area (TPSA) is 50.4 Å². The lowest BCUT2D eigenvalue weighted by Gasteiger charge is -2.20. The fraction of sp³-hybridized carbons (Fsp3) is 0.533. The van der Waals surface area contributed by atoms with E-state index in [1.807, 2.05) is 12.1 Å². The molecule has 2 rings (SSSR count).